The first kappa shape index (κ1) is 18.3. The highest BCUT2D eigenvalue weighted by Gasteiger charge is 2.47. The summed E-state index contributed by atoms with van der Waals surface area (Å²) < 4.78 is 26.9. The van der Waals surface area contributed by atoms with Crippen LogP contribution < -0.4 is 11.5 Å². The molecule has 0 fully saturated rings. The van der Waals surface area contributed by atoms with E-state index in [9.17, 15) is 8.42 Å². The summed E-state index contributed by atoms with van der Waals surface area (Å²) in [4.78, 5) is -1.74. The third kappa shape index (κ3) is 3.42. The van der Waals surface area contributed by atoms with Gasteiger partial charge in [-0.25, -0.2) is 8.42 Å². The molecule has 134 valence electrons. The van der Waals surface area contributed by atoms with Crippen LogP contribution in [0.25, 0.3) is 0 Å². The number of benzene rings is 3. The molecule has 26 heavy (non-hydrogen) atoms. The second-order valence-electron chi connectivity index (χ2n) is 6.29. The van der Waals surface area contributed by atoms with Crippen molar-refractivity contribution in [3.05, 3.63) is 108 Å². The molecule has 3 aromatic carbocycles. The Morgan fingerprint density at radius 3 is 1.77 bits per heavy atom. The topological polar surface area (TPSA) is 86.2 Å². The van der Waals surface area contributed by atoms with Crippen molar-refractivity contribution in [3.63, 3.8) is 0 Å². The molecule has 0 spiro atoms. The number of sulfone groups is 1. The number of hydrogen-bond donors (Lipinski definition) is 2. The minimum Gasteiger partial charge on any atom is -0.321 e. The van der Waals surface area contributed by atoms with E-state index in [1.165, 1.54) is 0 Å². The molecule has 2 atom stereocenters. The van der Waals surface area contributed by atoms with E-state index < -0.39 is 20.8 Å². The molecule has 0 saturated carbocycles. The second-order valence-corrected chi connectivity index (χ2v) is 8.49. The molecule has 0 saturated heterocycles. The minimum atomic E-state index is -3.82. The van der Waals surface area contributed by atoms with E-state index >= 15 is 0 Å². The molecule has 3 rings (SSSR count). The number of hydrogen-bond acceptors (Lipinski definition) is 4. The van der Waals surface area contributed by atoms with Gasteiger partial charge in [-0.05, 0) is 16.7 Å². The lowest BCUT2D eigenvalue weighted by Crippen LogP contribution is -2.53. The van der Waals surface area contributed by atoms with Gasteiger partial charge in [-0.2, -0.15) is 0 Å². The maximum atomic E-state index is 13.4. The number of rotatable bonds is 6. The van der Waals surface area contributed by atoms with Gasteiger partial charge in [-0.15, -0.1) is 0 Å². The summed E-state index contributed by atoms with van der Waals surface area (Å²) in [5.74, 6) is -0.181. The normalized spacial score (nSPS) is 15.2. The Morgan fingerprint density at radius 1 is 0.769 bits per heavy atom. The van der Waals surface area contributed by atoms with E-state index in [1.807, 2.05) is 42.5 Å². The van der Waals surface area contributed by atoms with Gasteiger partial charge >= 0.3 is 0 Å². The van der Waals surface area contributed by atoms with E-state index in [2.05, 4.69) is 0 Å². The molecule has 0 aromatic heterocycles. The lowest BCUT2D eigenvalue weighted by atomic mass is 9.94. The van der Waals surface area contributed by atoms with Gasteiger partial charge in [-0.3, -0.25) is 0 Å². The molecule has 4 nitrogen and oxygen atoms in total. The molecular formula is C21H22N2O2S. The van der Waals surface area contributed by atoms with Crippen LogP contribution in [0.15, 0.2) is 91.0 Å². The first-order valence-electron chi connectivity index (χ1n) is 8.36. The molecule has 0 bridgehead atoms. The Kier molecular flexibility index (Phi) is 5.23. The summed E-state index contributed by atoms with van der Waals surface area (Å²) in [6.07, 6.45) is 0. The molecule has 0 radical (unpaired) electrons. The highest BCUT2D eigenvalue weighted by atomic mass is 32.2. The highest BCUT2D eigenvalue weighted by molar-refractivity contribution is 7.91. The van der Waals surface area contributed by atoms with Crippen LogP contribution in [0.4, 0.5) is 0 Å². The zero-order valence-corrected chi connectivity index (χ0v) is 15.1. The van der Waals surface area contributed by atoms with Crippen LogP contribution in [0.5, 0.6) is 0 Å². The van der Waals surface area contributed by atoms with Crippen molar-refractivity contribution in [1.29, 1.82) is 0 Å². The van der Waals surface area contributed by atoms with Gasteiger partial charge in [0.25, 0.3) is 0 Å². The zero-order chi connectivity index (χ0) is 18.6. The molecule has 0 aliphatic rings. The lowest BCUT2D eigenvalue weighted by Gasteiger charge is -2.35. The monoisotopic (exact) mass is 366 g/mol. The second kappa shape index (κ2) is 7.41. The Labute approximate surface area is 154 Å². The van der Waals surface area contributed by atoms with Crippen molar-refractivity contribution in [1.82, 2.24) is 0 Å². The van der Waals surface area contributed by atoms with Crippen LogP contribution in [0.1, 0.15) is 22.7 Å². The van der Waals surface area contributed by atoms with Gasteiger partial charge in [0.2, 0.25) is 0 Å². The SMILES string of the molecule is NC(c1ccccc1)C(N)(c1ccccc1)S(=O)(=O)Cc1ccccc1. The zero-order valence-electron chi connectivity index (χ0n) is 14.3. The molecule has 0 aliphatic carbocycles. The molecule has 0 aliphatic heterocycles. The van der Waals surface area contributed by atoms with Gasteiger partial charge in [-0.1, -0.05) is 91.0 Å². The largest absolute Gasteiger partial charge is 0.321 e. The van der Waals surface area contributed by atoms with E-state index in [0.29, 0.717) is 16.7 Å². The van der Waals surface area contributed by atoms with Crippen molar-refractivity contribution >= 4 is 9.84 Å². The molecule has 4 N–H and O–H groups in total. The smallest absolute Gasteiger partial charge is 0.179 e. The fraction of sp³-hybridized carbons (Fsp3) is 0.143. The van der Waals surface area contributed by atoms with Crippen molar-refractivity contribution in [2.24, 2.45) is 11.5 Å². The Hall–Kier alpha value is -2.47. The van der Waals surface area contributed by atoms with E-state index in [-0.39, 0.29) is 5.75 Å². The van der Waals surface area contributed by atoms with Gasteiger partial charge in [0, 0.05) is 0 Å². The predicted molar refractivity (Wildman–Crippen MR) is 105 cm³/mol. The van der Waals surface area contributed by atoms with Crippen molar-refractivity contribution in [3.8, 4) is 0 Å². The summed E-state index contributed by atoms with van der Waals surface area (Å²) in [5.41, 5.74) is 14.9. The predicted octanol–water partition coefficient (Wildman–Crippen LogP) is 3.11. The van der Waals surface area contributed by atoms with Gasteiger partial charge in [0.05, 0.1) is 11.8 Å². The van der Waals surface area contributed by atoms with Crippen molar-refractivity contribution in [2.75, 3.05) is 0 Å². The Bertz CT molecular complexity index is 945. The van der Waals surface area contributed by atoms with E-state index in [4.69, 9.17) is 11.5 Å². The summed E-state index contributed by atoms with van der Waals surface area (Å²) >= 11 is 0. The van der Waals surface area contributed by atoms with Crippen LogP contribution in [-0.2, 0) is 20.5 Å². The van der Waals surface area contributed by atoms with Crippen molar-refractivity contribution < 1.29 is 8.42 Å². The molecular weight excluding hydrogens is 344 g/mol. The summed E-state index contributed by atoms with van der Waals surface area (Å²) in [6, 6.07) is 26.0. The summed E-state index contributed by atoms with van der Waals surface area (Å²) in [7, 11) is -3.82. The molecule has 5 heteroatoms. The quantitative estimate of drug-likeness (QED) is 0.702. The fourth-order valence-electron chi connectivity index (χ4n) is 3.07. The molecule has 2 unspecified atom stereocenters. The van der Waals surface area contributed by atoms with Crippen LogP contribution >= 0.6 is 0 Å². The first-order valence-corrected chi connectivity index (χ1v) is 10.0. The standard InChI is InChI=1S/C21H22N2O2S/c22-20(18-12-6-2-7-13-18)21(23,19-14-8-3-9-15-19)26(24,25)16-17-10-4-1-5-11-17/h1-15,20H,16,22-23H2. The lowest BCUT2D eigenvalue weighted by molar-refractivity contribution is 0.460. The average Bonchev–Trinajstić information content (AvgIpc) is 2.68. The van der Waals surface area contributed by atoms with Crippen LogP contribution in [0, 0.1) is 0 Å². The average molecular weight is 366 g/mol. The Balaban J connectivity index is 2.12. The maximum Gasteiger partial charge on any atom is 0.179 e. The fourth-order valence-corrected chi connectivity index (χ4v) is 4.96. The summed E-state index contributed by atoms with van der Waals surface area (Å²) in [6.45, 7) is 0. The van der Waals surface area contributed by atoms with Gasteiger partial charge in [0.15, 0.2) is 14.7 Å². The third-order valence-electron chi connectivity index (χ3n) is 4.56. The van der Waals surface area contributed by atoms with Crippen LogP contribution in [0.2, 0.25) is 0 Å². The highest BCUT2D eigenvalue weighted by Crippen LogP contribution is 2.38. The molecule has 3 aromatic rings. The van der Waals surface area contributed by atoms with E-state index in [0.717, 1.165) is 0 Å². The van der Waals surface area contributed by atoms with Crippen molar-refractivity contribution in [2.45, 2.75) is 16.7 Å². The number of nitrogens with two attached hydrogens (primary N) is 2. The summed E-state index contributed by atoms with van der Waals surface area (Å²) in [5, 5.41) is 0. The van der Waals surface area contributed by atoms with Gasteiger partial charge < -0.3 is 11.5 Å². The minimum absolute atomic E-state index is 0.181. The third-order valence-corrected chi connectivity index (χ3v) is 6.79. The van der Waals surface area contributed by atoms with Crippen LogP contribution in [-0.4, -0.2) is 8.42 Å². The Morgan fingerprint density at radius 2 is 1.23 bits per heavy atom. The van der Waals surface area contributed by atoms with Gasteiger partial charge in [0.1, 0.15) is 0 Å². The molecule has 0 amide bonds. The van der Waals surface area contributed by atoms with E-state index in [1.54, 1.807) is 48.5 Å². The maximum absolute atomic E-state index is 13.4. The first-order chi connectivity index (χ1) is 12.4. The van der Waals surface area contributed by atoms with Crippen LogP contribution in [0.3, 0.4) is 0 Å². The molecule has 0 heterocycles.